The molecule has 1 aromatic carbocycles. The largest absolute Gasteiger partial charge is 0.507 e. The Bertz CT molecular complexity index is 596. The van der Waals surface area contributed by atoms with Gasteiger partial charge in [-0.15, -0.1) is 0 Å². The molecule has 4 nitrogen and oxygen atoms in total. The van der Waals surface area contributed by atoms with Gasteiger partial charge in [0.05, 0.1) is 0 Å². The summed E-state index contributed by atoms with van der Waals surface area (Å²) in [5.41, 5.74) is -0.122. The van der Waals surface area contributed by atoms with Crippen LogP contribution in [-0.2, 0) is 0 Å². The Morgan fingerprint density at radius 3 is 2.53 bits per heavy atom. The Labute approximate surface area is 85.4 Å². The number of fused-ring (bicyclic) bond motifs is 1. The Morgan fingerprint density at radius 1 is 1.20 bits per heavy atom. The molecule has 1 heterocycles. The molecule has 2 N–H and O–H groups in total. The Morgan fingerprint density at radius 2 is 1.87 bits per heavy atom. The average molecular weight is 206 g/mol. The highest BCUT2D eigenvalue weighted by atomic mass is 16.4. The Hall–Kier alpha value is -1.97. The van der Waals surface area contributed by atoms with Gasteiger partial charge in [0, 0.05) is 5.39 Å². The Kier molecular flexibility index (Phi) is 1.93. The van der Waals surface area contributed by atoms with E-state index in [1.54, 1.807) is 13.8 Å². The maximum atomic E-state index is 11.4. The number of rotatable bonds is 0. The first-order valence-corrected chi connectivity index (χ1v) is 4.46. The summed E-state index contributed by atoms with van der Waals surface area (Å²) >= 11 is 0. The van der Waals surface area contributed by atoms with Crippen LogP contribution in [-0.4, -0.2) is 10.2 Å². The van der Waals surface area contributed by atoms with Crippen molar-refractivity contribution < 1.29 is 14.6 Å². The fourth-order valence-electron chi connectivity index (χ4n) is 1.60. The van der Waals surface area contributed by atoms with Crippen LogP contribution in [0.1, 0.15) is 11.3 Å². The maximum Gasteiger partial charge on any atom is 0.347 e. The predicted octanol–water partition coefficient (Wildman–Crippen LogP) is 1.82. The lowest BCUT2D eigenvalue weighted by Gasteiger charge is -2.05. The predicted molar refractivity (Wildman–Crippen MR) is 55.3 cm³/mol. The fourth-order valence-corrected chi connectivity index (χ4v) is 1.60. The third-order valence-electron chi connectivity index (χ3n) is 2.31. The summed E-state index contributed by atoms with van der Waals surface area (Å²) in [4.78, 5) is 11.4. The van der Waals surface area contributed by atoms with E-state index in [-0.39, 0.29) is 16.9 Å². The number of benzene rings is 1. The monoisotopic (exact) mass is 206 g/mol. The number of hydrogen-bond acceptors (Lipinski definition) is 4. The second kappa shape index (κ2) is 3.02. The zero-order chi connectivity index (χ0) is 11.2. The van der Waals surface area contributed by atoms with Gasteiger partial charge >= 0.3 is 5.63 Å². The molecule has 0 saturated carbocycles. The van der Waals surface area contributed by atoms with Crippen molar-refractivity contribution >= 4 is 10.8 Å². The van der Waals surface area contributed by atoms with Crippen molar-refractivity contribution in [2.45, 2.75) is 13.8 Å². The van der Waals surface area contributed by atoms with Crippen molar-refractivity contribution in [2.75, 3.05) is 0 Å². The lowest BCUT2D eigenvalue weighted by atomic mass is 10.1. The molecule has 2 rings (SSSR count). The zero-order valence-corrected chi connectivity index (χ0v) is 8.37. The van der Waals surface area contributed by atoms with Gasteiger partial charge in [0.1, 0.15) is 22.6 Å². The molecule has 78 valence electrons. The maximum absolute atomic E-state index is 11.4. The van der Waals surface area contributed by atoms with Crippen LogP contribution < -0.4 is 5.63 Å². The van der Waals surface area contributed by atoms with Crippen molar-refractivity contribution in [3.63, 3.8) is 0 Å². The first-order valence-electron chi connectivity index (χ1n) is 4.46. The normalized spacial score (nSPS) is 10.8. The third-order valence-corrected chi connectivity index (χ3v) is 2.31. The summed E-state index contributed by atoms with van der Waals surface area (Å²) in [5.74, 6) is 0.223. The third kappa shape index (κ3) is 1.34. The average Bonchev–Trinajstić information content (AvgIpc) is 2.12. The van der Waals surface area contributed by atoms with Crippen molar-refractivity contribution in [1.29, 1.82) is 0 Å². The molecule has 0 fully saturated rings. The van der Waals surface area contributed by atoms with Crippen LogP contribution in [0.4, 0.5) is 0 Å². The second-order valence-corrected chi connectivity index (χ2v) is 3.49. The summed E-state index contributed by atoms with van der Waals surface area (Å²) in [6.07, 6.45) is 0. The molecule has 0 radical (unpaired) electrons. The van der Waals surface area contributed by atoms with Gasteiger partial charge in [0.2, 0.25) is 0 Å². The van der Waals surface area contributed by atoms with Crippen LogP contribution in [0.15, 0.2) is 21.3 Å². The molecule has 0 aliphatic carbocycles. The number of phenolic OH excluding ortho intramolecular Hbond substituents is 2. The molecule has 0 unspecified atom stereocenters. The number of hydrogen-bond donors (Lipinski definition) is 2. The van der Waals surface area contributed by atoms with Crippen LogP contribution in [0.25, 0.3) is 10.8 Å². The van der Waals surface area contributed by atoms with Crippen molar-refractivity contribution in [2.24, 2.45) is 0 Å². The van der Waals surface area contributed by atoms with E-state index in [4.69, 9.17) is 4.42 Å². The number of aryl methyl sites for hydroxylation is 2. The van der Waals surface area contributed by atoms with Crippen LogP contribution in [0.5, 0.6) is 11.5 Å². The lowest BCUT2D eigenvalue weighted by Crippen LogP contribution is -2.01. The summed E-state index contributed by atoms with van der Waals surface area (Å²) in [6, 6.07) is 2.86. The minimum atomic E-state index is -0.641. The van der Waals surface area contributed by atoms with E-state index in [1.165, 1.54) is 12.1 Å². The minimum absolute atomic E-state index is 0.00111. The smallest absolute Gasteiger partial charge is 0.347 e. The number of phenols is 2. The van der Waals surface area contributed by atoms with E-state index < -0.39 is 5.63 Å². The van der Waals surface area contributed by atoms with Crippen molar-refractivity contribution in [1.82, 2.24) is 0 Å². The molecule has 4 heteroatoms. The molecular weight excluding hydrogens is 196 g/mol. The molecule has 0 aliphatic heterocycles. The highest BCUT2D eigenvalue weighted by Gasteiger charge is 2.13. The van der Waals surface area contributed by atoms with Gasteiger partial charge in [0.25, 0.3) is 0 Å². The van der Waals surface area contributed by atoms with Crippen LogP contribution in [0, 0.1) is 13.8 Å². The summed E-state index contributed by atoms with van der Waals surface area (Å²) in [7, 11) is 0. The van der Waals surface area contributed by atoms with Gasteiger partial charge in [-0.1, -0.05) is 0 Å². The molecule has 0 atom stereocenters. The van der Waals surface area contributed by atoms with Gasteiger partial charge < -0.3 is 14.6 Å². The van der Waals surface area contributed by atoms with E-state index in [1.807, 2.05) is 0 Å². The Balaban J connectivity index is 3.10. The van der Waals surface area contributed by atoms with Gasteiger partial charge in [-0.3, -0.25) is 0 Å². The summed E-state index contributed by atoms with van der Waals surface area (Å²) in [5, 5.41) is 19.7. The van der Waals surface area contributed by atoms with E-state index in [2.05, 4.69) is 0 Å². The van der Waals surface area contributed by atoms with Crippen molar-refractivity contribution in [3.05, 3.63) is 33.9 Å². The zero-order valence-electron chi connectivity index (χ0n) is 8.37. The first-order chi connectivity index (χ1) is 7.00. The molecule has 0 bridgehead atoms. The highest BCUT2D eigenvalue weighted by molar-refractivity contribution is 5.93. The van der Waals surface area contributed by atoms with E-state index >= 15 is 0 Å². The fraction of sp³-hybridized carbons (Fsp3) is 0.182. The standard InChI is InChI=1S/C11H10O4/c1-5-3-8(12)9-7(10(5)13)4-6(2)15-11(9)14/h3-4,12-13H,1-2H3. The quantitative estimate of drug-likeness (QED) is 0.645. The minimum Gasteiger partial charge on any atom is -0.507 e. The van der Waals surface area contributed by atoms with E-state index in [0.29, 0.717) is 16.7 Å². The number of aromatic hydroxyl groups is 2. The molecular formula is C11H10O4. The molecule has 0 aliphatic rings. The topological polar surface area (TPSA) is 70.7 Å². The second-order valence-electron chi connectivity index (χ2n) is 3.49. The summed E-state index contributed by atoms with van der Waals surface area (Å²) < 4.78 is 4.84. The summed E-state index contributed by atoms with van der Waals surface area (Å²) in [6.45, 7) is 3.26. The highest BCUT2D eigenvalue weighted by Crippen LogP contribution is 2.33. The van der Waals surface area contributed by atoms with Crippen LogP contribution >= 0.6 is 0 Å². The van der Waals surface area contributed by atoms with Gasteiger partial charge in [-0.25, -0.2) is 4.79 Å². The van der Waals surface area contributed by atoms with Gasteiger partial charge in [-0.05, 0) is 31.5 Å². The van der Waals surface area contributed by atoms with Crippen molar-refractivity contribution in [3.8, 4) is 11.5 Å². The lowest BCUT2D eigenvalue weighted by molar-refractivity contribution is 0.454. The van der Waals surface area contributed by atoms with Crippen LogP contribution in [0.2, 0.25) is 0 Å². The van der Waals surface area contributed by atoms with Gasteiger partial charge in [0.15, 0.2) is 0 Å². The van der Waals surface area contributed by atoms with Gasteiger partial charge in [-0.2, -0.15) is 0 Å². The molecule has 1 aromatic heterocycles. The molecule has 15 heavy (non-hydrogen) atoms. The molecule has 2 aromatic rings. The first kappa shape index (κ1) is 9.58. The molecule has 0 saturated heterocycles. The SMILES string of the molecule is Cc1cc2c(O)c(C)cc(O)c2c(=O)o1. The van der Waals surface area contributed by atoms with E-state index in [9.17, 15) is 15.0 Å². The molecule has 0 amide bonds. The van der Waals surface area contributed by atoms with Crippen LogP contribution in [0.3, 0.4) is 0 Å². The van der Waals surface area contributed by atoms with E-state index in [0.717, 1.165) is 0 Å². The molecule has 0 spiro atoms.